The average Bonchev–Trinajstić information content (AvgIpc) is 2.30. The maximum absolute atomic E-state index is 11.8. The maximum atomic E-state index is 11.8. The molecule has 0 saturated carbocycles. The van der Waals surface area contributed by atoms with Crippen LogP contribution in [0, 0.1) is 13.8 Å². The van der Waals surface area contributed by atoms with Crippen LogP contribution in [0.5, 0.6) is 0 Å². The summed E-state index contributed by atoms with van der Waals surface area (Å²) in [4.78, 5) is 11.8. The molecule has 0 aliphatic heterocycles. The number of carbonyl (C=O) groups is 1. The first-order chi connectivity index (χ1) is 6.73. The monoisotopic (exact) mass is 273 g/mol. The molecule has 15 heavy (non-hydrogen) atoms. The highest BCUT2D eigenvalue weighted by Gasteiger charge is 2.25. The summed E-state index contributed by atoms with van der Waals surface area (Å²) in [6.45, 7) is 7.42. The van der Waals surface area contributed by atoms with E-state index in [4.69, 9.17) is 0 Å². The largest absolute Gasteiger partial charge is 0.322 e. The molecule has 0 fully saturated rings. The molecular weight excluding hydrogens is 258 g/mol. The number of alkyl halides is 1. The van der Waals surface area contributed by atoms with E-state index >= 15 is 0 Å². The summed E-state index contributed by atoms with van der Waals surface area (Å²) in [5, 5.41) is 7.10. The number of rotatable bonds is 2. The molecule has 1 aromatic heterocycles. The van der Waals surface area contributed by atoms with Crippen molar-refractivity contribution in [3.63, 3.8) is 0 Å². The first kappa shape index (κ1) is 12.2. The Kier molecular flexibility index (Phi) is 3.23. The number of aryl methyl sites for hydroxylation is 2. The molecule has 0 aliphatic carbocycles. The molecule has 1 aromatic rings. The molecular formula is C10H16BrN3O. The number of carbonyl (C=O) groups excluding carboxylic acids is 1. The van der Waals surface area contributed by atoms with Crippen LogP contribution in [0.4, 0.5) is 5.69 Å². The third-order valence-corrected chi connectivity index (χ3v) is 2.65. The zero-order valence-electron chi connectivity index (χ0n) is 9.68. The van der Waals surface area contributed by atoms with Crippen LogP contribution in [-0.2, 0) is 11.8 Å². The number of aromatic nitrogens is 2. The summed E-state index contributed by atoms with van der Waals surface area (Å²) in [6.07, 6.45) is 0. The highest BCUT2D eigenvalue weighted by molar-refractivity contribution is 9.10. The highest BCUT2D eigenvalue weighted by atomic mass is 79.9. The van der Waals surface area contributed by atoms with Gasteiger partial charge in [-0.2, -0.15) is 5.10 Å². The molecule has 0 saturated heterocycles. The first-order valence-corrected chi connectivity index (χ1v) is 5.53. The van der Waals surface area contributed by atoms with Gasteiger partial charge in [-0.3, -0.25) is 9.48 Å². The molecule has 0 aliphatic rings. The normalized spacial score (nSPS) is 11.6. The molecule has 1 heterocycles. The van der Waals surface area contributed by atoms with Gasteiger partial charge in [-0.1, -0.05) is 15.9 Å². The zero-order chi connectivity index (χ0) is 11.8. The third kappa shape index (κ3) is 2.59. The quantitative estimate of drug-likeness (QED) is 0.840. The van der Waals surface area contributed by atoms with Gasteiger partial charge in [0, 0.05) is 7.05 Å². The summed E-state index contributed by atoms with van der Waals surface area (Å²) in [5.41, 5.74) is 2.59. The minimum absolute atomic E-state index is 0.0679. The third-order valence-electron chi connectivity index (χ3n) is 2.29. The van der Waals surface area contributed by atoms with Crippen LogP contribution in [0.1, 0.15) is 25.2 Å². The minimum Gasteiger partial charge on any atom is -0.322 e. The van der Waals surface area contributed by atoms with E-state index in [1.165, 1.54) is 0 Å². The lowest BCUT2D eigenvalue weighted by molar-refractivity contribution is -0.117. The SMILES string of the molecule is Cc1nn(C)c(C)c1NC(=O)C(C)(C)Br. The summed E-state index contributed by atoms with van der Waals surface area (Å²) in [7, 11) is 1.86. The Morgan fingerprint density at radius 2 is 2.00 bits per heavy atom. The van der Waals surface area contributed by atoms with Crippen LogP contribution in [0.15, 0.2) is 0 Å². The van der Waals surface area contributed by atoms with E-state index in [1.807, 2.05) is 34.7 Å². The lowest BCUT2D eigenvalue weighted by atomic mass is 10.2. The Hall–Kier alpha value is -0.840. The predicted octanol–water partition coefficient (Wildman–Crippen LogP) is 2.15. The number of nitrogens with zero attached hydrogens (tertiary/aromatic N) is 2. The van der Waals surface area contributed by atoms with Crippen LogP contribution in [0.3, 0.4) is 0 Å². The molecule has 5 heteroatoms. The van der Waals surface area contributed by atoms with Crippen molar-refractivity contribution in [3.8, 4) is 0 Å². The smallest absolute Gasteiger partial charge is 0.240 e. The van der Waals surface area contributed by atoms with Gasteiger partial charge in [0.2, 0.25) is 5.91 Å². The van der Waals surface area contributed by atoms with E-state index in [0.29, 0.717) is 0 Å². The number of hydrogen-bond acceptors (Lipinski definition) is 2. The van der Waals surface area contributed by atoms with Crippen molar-refractivity contribution in [2.24, 2.45) is 7.05 Å². The second-order valence-electron chi connectivity index (χ2n) is 4.10. The van der Waals surface area contributed by atoms with Crippen LogP contribution in [-0.4, -0.2) is 20.0 Å². The fourth-order valence-corrected chi connectivity index (χ4v) is 1.32. The number of nitrogens with one attached hydrogen (secondary N) is 1. The van der Waals surface area contributed by atoms with Gasteiger partial charge in [-0.25, -0.2) is 0 Å². The number of amides is 1. The molecule has 0 spiro atoms. The van der Waals surface area contributed by atoms with Gasteiger partial charge in [0.25, 0.3) is 0 Å². The molecule has 1 amide bonds. The van der Waals surface area contributed by atoms with Crippen molar-refractivity contribution < 1.29 is 4.79 Å². The van der Waals surface area contributed by atoms with Crippen molar-refractivity contribution in [1.29, 1.82) is 0 Å². The molecule has 0 bridgehead atoms. The van der Waals surface area contributed by atoms with E-state index in [0.717, 1.165) is 17.1 Å². The summed E-state index contributed by atoms with van der Waals surface area (Å²) in [5.74, 6) is -0.0679. The van der Waals surface area contributed by atoms with E-state index in [9.17, 15) is 4.79 Å². The van der Waals surface area contributed by atoms with Crippen LogP contribution >= 0.6 is 15.9 Å². The summed E-state index contributed by atoms with van der Waals surface area (Å²) in [6, 6.07) is 0. The van der Waals surface area contributed by atoms with Gasteiger partial charge < -0.3 is 5.32 Å². The Labute approximate surface area is 98.2 Å². The van der Waals surface area contributed by atoms with Crippen molar-refractivity contribution in [2.75, 3.05) is 5.32 Å². The first-order valence-electron chi connectivity index (χ1n) is 4.74. The number of anilines is 1. The second-order valence-corrected chi connectivity index (χ2v) is 6.08. The van der Waals surface area contributed by atoms with Crippen LogP contribution < -0.4 is 5.32 Å². The van der Waals surface area contributed by atoms with Gasteiger partial charge in [-0.05, 0) is 27.7 Å². The zero-order valence-corrected chi connectivity index (χ0v) is 11.3. The summed E-state index contributed by atoms with van der Waals surface area (Å²) < 4.78 is 1.19. The number of halogens is 1. The second kappa shape index (κ2) is 3.96. The average molecular weight is 274 g/mol. The van der Waals surface area contributed by atoms with Crippen molar-refractivity contribution in [2.45, 2.75) is 32.0 Å². The Morgan fingerprint density at radius 1 is 1.47 bits per heavy atom. The lowest BCUT2D eigenvalue weighted by Gasteiger charge is -2.15. The molecule has 0 radical (unpaired) electrons. The minimum atomic E-state index is -0.568. The predicted molar refractivity (Wildman–Crippen MR) is 64.3 cm³/mol. The van der Waals surface area contributed by atoms with Gasteiger partial charge in [-0.15, -0.1) is 0 Å². The molecule has 1 rings (SSSR count). The van der Waals surface area contributed by atoms with Gasteiger partial charge in [0.1, 0.15) is 0 Å². The fraction of sp³-hybridized carbons (Fsp3) is 0.600. The van der Waals surface area contributed by atoms with Crippen LogP contribution in [0.25, 0.3) is 0 Å². The highest BCUT2D eigenvalue weighted by Crippen LogP contribution is 2.23. The molecule has 4 nitrogen and oxygen atoms in total. The molecule has 0 atom stereocenters. The van der Waals surface area contributed by atoms with Gasteiger partial charge in [0.15, 0.2) is 0 Å². The van der Waals surface area contributed by atoms with Gasteiger partial charge in [0.05, 0.1) is 21.4 Å². The Balaban J connectivity index is 2.95. The lowest BCUT2D eigenvalue weighted by Crippen LogP contribution is -2.31. The number of hydrogen-bond donors (Lipinski definition) is 1. The molecule has 0 aromatic carbocycles. The fourth-order valence-electron chi connectivity index (χ4n) is 1.22. The Morgan fingerprint density at radius 3 is 2.33 bits per heavy atom. The van der Waals surface area contributed by atoms with Gasteiger partial charge >= 0.3 is 0 Å². The molecule has 84 valence electrons. The van der Waals surface area contributed by atoms with Crippen LogP contribution in [0.2, 0.25) is 0 Å². The molecule has 0 unspecified atom stereocenters. The Bertz CT molecular complexity index is 390. The summed E-state index contributed by atoms with van der Waals surface area (Å²) >= 11 is 3.32. The standard InChI is InChI=1S/C10H16BrN3O/c1-6-8(7(2)14(5)13-6)12-9(15)10(3,4)11/h1-5H3,(H,12,15). The maximum Gasteiger partial charge on any atom is 0.240 e. The topological polar surface area (TPSA) is 46.9 Å². The molecule has 1 N–H and O–H groups in total. The van der Waals surface area contributed by atoms with Crippen molar-refractivity contribution in [3.05, 3.63) is 11.4 Å². The van der Waals surface area contributed by atoms with Crippen molar-refractivity contribution in [1.82, 2.24) is 9.78 Å². The van der Waals surface area contributed by atoms with E-state index in [1.54, 1.807) is 4.68 Å². The van der Waals surface area contributed by atoms with E-state index in [-0.39, 0.29) is 5.91 Å². The van der Waals surface area contributed by atoms with E-state index < -0.39 is 4.32 Å². The van der Waals surface area contributed by atoms with Crippen molar-refractivity contribution >= 4 is 27.5 Å². The van der Waals surface area contributed by atoms with E-state index in [2.05, 4.69) is 26.3 Å².